The Balaban J connectivity index is 3.39. The maximum atomic E-state index is 9.77. The smallest absolute Gasteiger partial charge is 0.134 e. The highest BCUT2D eigenvalue weighted by Gasteiger charge is 2.16. The van der Waals surface area contributed by atoms with Gasteiger partial charge in [-0.25, -0.2) is 0 Å². The normalized spacial score (nSPS) is 12.9. The zero-order valence-corrected chi connectivity index (χ0v) is 9.80. The Hall–Kier alpha value is -0.580. The topological polar surface area (TPSA) is 66.5 Å². The van der Waals surface area contributed by atoms with Crippen LogP contribution in [0, 0.1) is 13.8 Å². The third-order valence-electron chi connectivity index (χ3n) is 2.39. The van der Waals surface area contributed by atoms with Crippen molar-refractivity contribution >= 4 is 15.9 Å². The van der Waals surface area contributed by atoms with Gasteiger partial charge in [-0.3, -0.25) is 0 Å². The summed E-state index contributed by atoms with van der Waals surface area (Å²) in [6, 6.07) is 1.30. The summed E-state index contributed by atoms with van der Waals surface area (Å²) in [4.78, 5) is 0. The summed E-state index contributed by atoms with van der Waals surface area (Å²) < 4.78 is 0.611. The number of aliphatic hydroxyl groups is 1. The van der Waals surface area contributed by atoms with Crippen molar-refractivity contribution in [3.05, 3.63) is 27.2 Å². The molecule has 1 rings (SSSR count). The summed E-state index contributed by atoms with van der Waals surface area (Å²) in [5.41, 5.74) is 8.27. The third kappa shape index (κ3) is 1.92. The molecule has 0 fully saturated rings. The molecule has 0 spiro atoms. The largest absolute Gasteiger partial charge is 0.506 e. The van der Waals surface area contributed by atoms with Crippen LogP contribution in [0.1, 0.15) is 22.7 Å². The predicted octanol–water partition coefficient (Wildman–Crippen LogP) is 1.76. The van der Waals surface area contributed by atoms with E-state index in [1.807, 2.05) is 19.9 Å². The fourth-order valence-electron chi connectivity index (χ4n) is 1.43. The number of rotatable bonds is 2. The van der Waals surface area contributed by atoms with Gasteiger partial charge in [0.25, 0.3) is 0 Å². The van der Waals surface area contributed by atoms with E-state index in [2.05, 4.69) is 15.9 Å². The number of halogens is 1. The molecule has 0 aliphatic rings. The van der Waals surface area contributed by atoms with E-state index in [1.54, 1.807) is 0 Å². The lowest BCUT2D eigenvalue weighted by atomic mass is 9.97. The van der Waals surface area contributed by atoms with Gasteiger partial charge < -0.3 is 15.9 Å². The van der Waals surface area contributed by atoms with E-state index in [0.717, 1.165) is 11.1 Å². The molecule has 0 radical (unpaired) electrons. The third-order valence-corrected chi connectivity index (χ3v) is 2.99. The minimum Gasteiger partial charge on any atom is -0.506 e. The Labute approximate surface area is 91.7 Å². The number of phenols is 1. The van der Waals surface area contributed by atoms with Crippen LogP contribution in [0.4, 0.5) is 0 Å². The number of hydrogen-bond acceptors (Lipinski definition) is 3. The van der Waals surface area contributed by atoms with Gasteiger partial charge in [0.2, 0.25) is 0 Å². The van der Waals surface area contributed by atoms with E-state index in [0.29, 0.717) is 10.0 Å². The van der Waals surface area contributed by atoms with Gasteiger partial charge in [0.05, 0.1) is 17.1 Å². The highest BCUT2D eigenvalue weighted by molar-refractivity contribution is 9.10. The lowest BCUT2D eigenvalue weighted by Crippen LogP contribution is -2.16. The summed E-state index contributed by atoms with van der Waals surface area (Å²) in [7, 11) is 0. The summed E-state index contributed by atoms with van der Waals surface area (Å²) in [6.07, 6.45) is 0. The Kier molecular flexibility index (Phi) is 3.53. The highest BCUT2D eigenvalue weighted by atomic mass is 79.9. The molecule has 3 nitrogen and oxygen atoms in total. The number of phenolic OH excluding ortho intramolecular Hbond substituents is 1. The van der Waals surface area contributed by atoms with Gasteiger partial charge in [-0.05, 0) is 47.0 Å². The van der Waals surface area contributed by atoms with Crippen molar-refractivity contribution in [1.29, 1.82) is 0 Å². The molecule has 0 aliphatic heterocycles. The van der Waals surface area contributed by atoms with Crippen molar-refractivity contribution in [3.63, 3.8) is 0 Å². The molecule has 1 aromatic carbocycles. The molecule has 4 N–H and O–H groups in total. The van der Waals surface area contributed by atoms with E-state index < -0.39 is 6.04 Å². The molecule has 0 amide bonds. The molecule has 0 saturated heterocycles. The van der Waals surface area contributed by atoms with Crippen molar-refractivity contribution in [2.45, 2.75) is 19.9 Å². The molecule has 14 heavy (non-hydrogen) atoms. The van der Waals surface area contributed by atoms with Crippen LogP contribution in [0.2, 0.25) is 0 Å². The second-order valence-electron chi connectivity index (χ2n) is 3.35. The van der Waals surface area contributed by atoms with Gasteiger partial charge in [0, 0.05) is 5.56 Å². The molecular formula is C10H14BrNO2. The summed E-state index contributed by atoms with van der Waals surface area (Å²) in [5.74, 6) is 0.120. The van der Waals surface area contributed by atoms with E-state index in [1.165, 1.54) is 0 Å². The van der Waals surface area contributed by atoms with E-state index in [-0.39, 0.29) is 12.4 Å². The first-order valence-corrected chi connectivity index (χ1v) is 5.13. The summed E-state index contributed by atoms with van der Waals surface area (Å²) >= 11 is 3.24. The molecule has 0 aliphatic carbocycles. The number of aryl methyl sites for hydroxylation is 1. The van der Waals surface area contributed by atoms with Gasteiger partial charge in [0.1, 0.15) is 5.75 Å². The Morgan fingerprint density at radius 2 is 2.07 bits per heavy atom. The summed E-state index contributed by atoms with van der Waals surface area (Å²) in [6.45, 7) is 3.64. The second kappa shape index (κ2) is 4.29. The fourth-order valence-corrected chi connectivity index (χ4v) is 1.99. The molecule has 1 unspecified atom stereocenters. The molecule has 1 aromatic rings. The molecule has 0 aromatic heterocycles. The minimum absolute atomic E-state index is 0.120. The molecule has 78 valence electrons. The predicted molar refractivity (Wildman–Crippen MR) is 59.3 cm³/mol. The SMILES string of the molecule is Cc1cc(Br)c(O)c(C(N)CO)c1C. The van der Waals surface area contributed by atoms with Gasteiger partial charge in [-0.1, -0.05) is 0 Å². The molecular weight excluding hydrogens is 246 g/mol. The van der Waals surface area contributed by atoms with E-state index in [9.17, 15) is 5.11 Å². The molecule has 0 bridgehead atoms. The molecule has 0 saturated carbocycles. The minimum atomic E-state index is -0.536. The van der Waals surface area contributed by atoms with Crippen LogP contribution < -0.4 is 5.73 Å². The van der Waals surface area contributed by atoms with Gasteiger partial charge in [-0.2, -0.15) is 0 Å². The standard InChI is InChI=1S/C10H14BrNO2/c1-5-3-7(11)10(14)9(6(5)2)8(12)4-13/h3,8,13-14H,4,12H2,1-2H3. The molecule has 4 heteroatoms. The Morgan fingerprint density at radius 3 is 2.57 bits per heavy atom. The van der Waals surface area contributed by atoms with Crippen LogP contribution in [0.3, 0.4) is 0 Å². The van der Waals surface area contributed by atoms with Crippen molar-refractivity contribution < 1.29 is 10.2 Å². The number of hydrogen-bond donors (Lipinski definition) is 3. The first-order chi connectivity index (χ1) is 6.49. The Morgan fingerprint density at radius 1 is 1.50 bits per heavy atom. The Bertz CT molecular complexity index is 326. The number of aromatic hydroxyl groups is 1. The van der Waals surface area contributed by atoms with Gasteiger partial charge in [-0.15, -0.1) is 0 Å². The first kappa shape index (κ1) is 11.5. The van der Waals surface area contributed by atoms with E-state index in [4.69, 9.17) is 10.8 Å². The molecule has 1 atom stereocenters. The zero-order valence-electron chi connectivity index (χ0n) is 8.21. The maximum absolute atomic E-state index is 9.77. The average Bonchev–Trinajstić information content (AvgIpc) is 2.15. The average molecular weight is 260 g/mol. The summed E-state index contributed by atoms with van der Waals surface area (Å²) in [5, 5.41) is 18.7. The lowest BCUT2D eigenvalue weighted by Gasteiger charge is -2.17. The van der Waals surface area contributed by atoms with Gasteiger partial charge >= 0.3 is 0 Å². The fraction of sp³-hybridized carbons (Fsp3) is 0.400. The first-order valence-electron chi connectivity index (χ1n) is 4.34. The number of benzene rings is 1. The van der Waals surface area contributed by atoms with Crippen LogP contribution in [0.5, 0.6) is 5.75 Å². The van der Waals surface area contributed by atoms with Crippen LogP contribution in [-0.4, -0.2) is 16.8 Å². The lowest BCUT2D eigenvalue weighted by molar-refractivity contribution is 0.264. The van der Waals surface area contributed by atoms with Crippen molar-refractivity contribution in [2.24, 2.45) is 5.73 Å². The van der Waals surface area contributed by atoms with E-state index >= 15 is 0 Å². The van der Waals surface area contributed by atoms with Crippen LogP contribution in [0.15, 0.2) is 10.5 Å². The van der Waals surface area contributed by atoms with Gasteiger partial charge in [0.15, 0.2) is 0 Å². The van der Waals surface area contributed by atoms with Crippen LogP contribution in [0.25, 0.3) is 0 Å². The quantitative estimate of drug-likeness (QED) is 0.759. The van der Waals surface area contributed by atoms with Crippen LogP contribution >= 0.6 is 15.9 Å². The number of aliphatic hydroxyl groups excluding tert-OH is 1. The van der Waals surface area contributed by atoms with Crippen molar-refractivity contribution in [2.75, 3.05) is 6.61 Å². The second-order valence-corrected chi connectivity index (χ2v) is 4.21. The molecule has 0 heterocycles. The highest BCUT2D eigenvalue weighted by Crippen LogP contribution is 2.35. The number of nitrogens with two attached hydrogens (primary N) is 1. The maximum Gasteiger partial charge on any atom is 0.134 e. The van der Waals surface area contributed by atoms with Crippen molar-refractivity contribution in [3.8, 4) is 5.75 Å². The zero-order chi connectivity index (χ0) is 10.9. The monoisotopic (exact) mass is 259 g/mol. The van der Waals surface area contributed by atoms with Crippen LogP contribution in [-0.2, 0) is 0 Å². The van der Waals surface area contributed by atoms with Crippen molar-refractivity contribution in [1.82, 2.24) is 0 Å².